The fourth-order valence-electron chi connectivity index (χ4n) is 2.19. The maximum Gasteiger partial charge on any atom is 0.272 e. The lowest BCUT2D eigenvalue weighted by molar-refractivity contribution is -0.121. The summed E-state index contributed by atoms with van der Waals surface area (Å²) in [7, 11) is 0. The standard InChI is InChI=1S/C18H13F2N3O2S/c19-12-5-3-4-11(8-12)18-21-13(10-26-18)9-16(24)22-23-17(25)14-6-1-2-7-15(14)20/h1-8,10H,9H2,(H,22,24)(H,23,25). The largest absolute Gasteiger partial charge is 0.273 e. The smallest absolute Gasteiger partial charge is 0.272 e. The minimum absolute atomic E-state index is 0.0800. The van der Waals surface area contributed by atoms with Gasteiger partial charge in [0.15, 0.2) is 0 Å². The molecule has 0 fully saturated rings. The molecule has 2 aromatic carbocycles. The van der Waals surface area contributed by atoms with Crippen LogP contribution in [-0.2, 0) is 11.2 Å². The van der Waals surface area contributed by atoms with E-state index < -0.39 is 17.6 Å². The Hall–Kier alpha value is -3.13. The maximum absolute atomic E-state index is 13.5. The number of hydrogen-bond donors (Lipinski definition) is 2. The highest BCUT2D eigenvalue weighted by atomic mass is 32.1. The van der Waals surface area contributed by atoms with Crippen molar-refractivity contribution in [3.8, 4) is 10.6 Å². The van der Waals surface area contributed by atoms with E-state index in [1.54, 1.807) is 17.5 Å². The van der Waals surface area contributed by atoms with Crippen LogP contribution in [0.25, 0.3) is 10.6 Å². The summed E-state index contributed by atoms with van der Waals surface area (Å²) in [6.07, 6.45) is -0.0800. The zero-order valence-corrected chi connectivity index (χ0v) is 14.1. The van der Waals surface area contributed by atoms with Crippen LogP contribution in [0.4, 0.5) is 8.78 Å². The molecule has 0 aliphatic carbocycles. The van der Waals surface area contributed by atoms with Crippen molar-refractivity contribution >= 4 is 23.2 Å². The first-order valence-electron chi connectivity index (χ1n) is 7.57. The van der Waals surface area contributed by atoms with Crippen molar-refractivity contribution < 1.29 is 18.4 Å². The first kappa shape index (κ1) is 17.7. The van der Waals surface area contributed by atoms with Gasteiger partial charge in [-0.15, -0.1) is 11.3 Å². The molecular weight excluding hydrogens is 360 g/mol. The van der Waals surface area contributed by atoms with Crippen LogP contribution in [0.5, 0.6) is 0 Å². The van der Waals surface area contributed by atoms with Gasteiger partial charge in [-0.3, -0.25) is 20.4 Å². The van der Waals surface area contributed by atoms with Gasteiger partial charge in [-0.2, -0.15) is 0 Å². The van der Waals surface area contributed by atoms with E-state index in [9.17, 15) is 18.4 Å². The Bertz CT molecular complexity index is 959. The van der Waals surface area contributed by atoms with Gasteiger partial charge >= 0.3 is 0 Å². The summed E-state index contributed by atoms with van der Waals surface area (Å²) in [5.41, 5.74) is 5.29. The van der Waals surface area contributed by atoms with E-state index in [-0.39, 0.29) is 17.8 Å². The Morgan fingerprint density at radius 1 is 1.04 bits per heavy atom. The molecule has 0 bridgehead atoms. The van der Waals surface area contributed by atoms with Gasteiger partial charge in [0.25, 0.3) is 5.91 Å². The topological polar surface area (TPSA) is 71.1 Å². The van der Waals surface area contributed by atoms with Crippen molar-refractivity contribution in [3.63, 3.8) is 0 Å². The molecule has 0 aliphatic rings. The summed E-state index contributed by atoms with van der Waals surface area (Å²) in [5, 5.41) is 2.26. The van der Waals surface area contributed by atoms with Crippen LogP contribution in [0.1, 0.15) is 16.1 Å². The molecule has 1 aromatic heterocycles. The number of carbonyl (C=O) groups is 2. The fraction of sp³-hybridized carbons (Fsp3) is 0.0556. The predicted molar refractivity (Wildman–Crippen MR) is 93.2 cm³/mol. The van der Waals surface area contributed by atoms with Crippen LogP contribution in [-0.4, -0.2) is 16.8 Å². The van der Waals surface area contributed by atoms with Crippen molar-refractivity contribution in [1.29, 1.82) is 0 Å². The van der Waals surface area contributed by atoms with Gasteiger partial charge in [0, 0.05) is 10.9 Å². The van der Waals surface area contributed by atoms with Crippen molar-refractivity contribution in [3.05, 3.63) is 76.8 Å². The quantitative estimate of drug-likeness (QED) is 0.691. The van der Waals surface area contributed by atoms with Gasteiger partial charge in [-0.25, -0.2) is 13.8 Å². The van der Waals surface area contributed by atoms with Gasteiger partial charge in [0.1, 0.15) is 16.6 Å². The molecule has 0 saturated carbocycles. The highest BCUT2D eigenvalue weighted by Crippen LogP contribution is 2.24. The van der Waals surface area contributed by atoms with Crippen LogP contribution in [0.3, 0.4) is 0 Å². The van der Waals surface area contributed by atoms with E-state index in [1.807, 2.05) is 0 Å². The highest BCUT2D eigenvalue weighted by molar-refractivity contribution is 7.13. The second kappa shape index (κ2) is 7.83. The predicted octanol–water partition coefficient (Wildman–Crippen LogP) is 3.09. The highest BCUT2D eigenvalue weighted by Gasteiger charge is 2.13. The Labute approximate surface area is 151 Å². The molecule has 0 radical (unpaired) electrons. The number of benzene rings is 2. The average Bonchev–Trinajstić information content (AvgIpc) is 3.08. The molecule has 132 valence electrons. The van der Waals surface area contributed by atoms with E-state index in [2.05, 4.69) is 15.8 Å². The van der Waals surface area contributed by atoms with Crippen LogP contribution in [0.2, 0.25) is 0 Å². The van der Waals surface area contributed by atoms with Crippen LogP contribution in [0, 0.1) is 11.6 Å². The second-order valence-electron chi connectivity index (χ2n) is 5.31. The summed E-state index contributed by atoms with van der Waals surface area (Å²) < 4.78 is 26.8. The molecule has 0 unspecified atom stereocenters. The fourth-order valence-corrected chi connectivity index (χ4v) is 3.01. The molecule has 2 amide bonds. The number of nitrogens with zero attached hydrogens (tertiary/aromatic N) is 1. The molecule has 0 aliphatic heterocycles. The van der Waals surface area contributed by atoms with Crippen molar-refractivity contribution in [2.45, 2.75) is 6.42 Å². The molecule has 0 spiro atoms. The average molecular weight is 373 g/mol. The molecule has 3 rings (SSSR count). The lowest BCUT2D eigenvalue weighted by atomic mass is 10.2. The SMILES string of the molecule is O=C(Cc1csc(-c2cccc(F)c2)n1)NNC(=O)c1ccccc1F. The Balaban J connectivity index is 1.57. The second-order valence-corrected chi connectivity index (χ2v) is 6.17. The molecule has 0 atom stereocenters. The number of hydrazine groups is 1. The number of aromatic nitrogens is 1. The van der Waals surface area contributed by atoms with Gasteiger partial charge in [0.05, 0.1) is 17.7 Å². The number of amides is 2. The zero-order valence-electron chi connectivity index (χ0n) is 13.3. The van der Waals surface area contributed by atoms with Crippen LogP contribution in [0.15, 0.2) is 53.9 Å². The monoisotopic (exact) mass is 373 g/mol. The maximum atomic E-state index is 13.5. The molecule has 26 heavy (non-hydrogen) atoms. The third-order valence-corrected chi connectivity index (χ3v) is 4.34. The Morgan fingerprint density at radius 3 is 2.62 bits per heavy atom. The summed E-state index contributed by atoms with van der Waals surface area (Å²) in [6, 6.07) is 11.4. The zero-order chi connectivity index (χ0) is 18.5. The molecule has 1 heterocycles. The molecule has 5 nitrogen and oxygen atoms in total. The first-order chi connectivity index (χ1) is 12.5. The molecular formula is C18H13F2N3O2S. The normalized spacial score (nSPS) is 10.4. The minimum Gasteiger partial charge on any atom is -0.273 e. The summed E-state index contributed by atoms with van der Waals surface area (Å²) in [6.45, 7) is 0. The Morgan fingerprint density at radius 2 is 1.85 bits per heavy atom. The first-order valence-corrected chi connectivity index (χ1v) is 8.45. The van der Waals surface area contributed by atoms with Crippen molar-refractivity contribution in [1.82, 2.24) is 15.8 Å². The van der Waals surface area contributed by atoms with E-state index >= 15 is 0 Å². The van der Waals surface area contributed by atoms with Crippen LogP contribution >= 0.6 is 11.3 Å². The van der Waals surface area contributed by atoms with Gasteiger partial charge in [-0.1, -0.05) is 24.3 Å². The molecule has 2 N–H and O–H groups in total. The van der Waals surface area contributed by atoms with E-state index in [1.165, 1.54) is 41.7 Å². The van der Waals surface area contributed by atoms with Gasteiger partial charge < -0.3 is 0 Å². The number of nitrogens with one attached hydrogen (secondary N) is 2. The number of halogens is 2. The third-order valence-electron chi connectivity index (χ3n) is 3.40. The van der Waals surface area contributed by atoms with Crippen molar-refractivity contribution in [2.75, 3.05) is 0 Å². The molecule has 0 saturated heterocycles. The number of hydrogen-bond acceptors (Lipinski definition) is 4. The molecule has 8 heteroatoms. The van der Waals surface area contributed by atoms with E-state index in [4.69, 9.17) is 0 Å². The number of rotatable bonds is 4. The van der Waals surface area contributed by atoms with Gasteiger partial charge in [0.2, 0.25) is 5.91 Å². The van der Waals surface area contributed by atoms with E-state index in [0.29, 0.717) is 16.3 Å². The van der Waals surface area contributed by atoms with Crippen molar-refractivity contribution in [2.24, 2.45) is 0 Å². The molecule has 3 aromatic rings. The number of thiazole rings is 1. The van der Waals surface area contributed by atoms with E-state index in [0.717, 1.165) is 6.07 Å². The number of carbonyl (C=O) groups excluding carboxylic acids is 2. The lowest BCUT2D eigenvalue weighted by Gasteiger charge is -2.07. The minimum atomic E-state index is -0.754. The summed E-state index contributed by atoms with van der Waals surface area (Å²) in [4.78, 5) is 28.0. The lowest BCUT2D eigenvalue weighted by Crippen LogP contribution is -2.42. The summed E-state index contributed by atoms with van der Waals surface area (Å²) in [5.74, 6) is -2.31. The van der Waals surface area contributed by atoms with Gasteiger partial charge in [-0.05, 0) is 24.3 Å². The summed E-state index contributed by atoms with van der Waals surface area (Å²) >= 11 is 1.28. The third kappa shape index (κ3) is 4.28. The van der Waals surface area contributed by atoms with Crippen LogP contribution < -0.4 is 10.9 Å². The Kier molecular flexibility index (Phi) is 5.33.